The van der Waals surface area contributed by atoms with Gasteiger partial charge in [-0.25, -0.2) is 4.68 Å². The van der Waals surface area contributed by atoms with Crippen molar-refractivity contribution in [2.75, 3.05) is 5.73 Å². The van der Waals surface area contributed by atoms with Crippen LogP contribution in [-0.2, 0) is 12.8 Å². The van der Waals surface area contributed by atoms with Gasteiger partial charge in [-0.15, -0.1) is 0 Å². The van der Waals surface area contributed by atoms with Gasteiger partial charge in [0.25, 0.3) is 0 Å². The maximum atomic E-state index is 12.4. The van der Waals surface area contributed by atoms with Gasteiger partial charge in [-0.1, -0.05) is 0 Å². The van der Waals surface area contributed by atoms with E-state index in [2.05, 4.69) is 5.10 Å². The van der Waals surface area contributed by atoms with E-state index in [4.69, 9.17) is 10.5 Å². The zero-order valence-electron chi connectivity index (χ0n) is 11.7. The average molecular weight is 299 g/mol. The van der Waals surface area contributed by atoms with Crippen LogP contribution >= 0.6 is 0 Å². The van der Waals surface area contributed by atoms with Crippen LogP contribution in [0.2, 0.25) is 0 Å². The number of nitrogen functional groups attached to an aromatic ring is 1. The molecule has 2 rings (SSSR count). The van der Waals surface area contributed by atoms with E-state index < -0.39 is 11.7 Å². The molecule has 1 heterocycles. The zero-order valence-corrected chi connectivity index (χ0v) is 11.7. The number of rotatable bonds is 4. The minimum absolute atomic E-state index is 0.129. The van der Waals surface area contributed by atoms with Gasteiger partial charge < -0.3 is 10.5 Å². The first-order valence-corrected chi connectivity index (χ1v) is 6.41. The van der Waals surface area contributed by atoms with Gasteiger partial charge in [-0.2, -0.15) is 18.3 Å². The van der Waals surface area contributed by atoms with Crippen molar-refractivity contribution in [1.29, 1.82) is 0 Å². The Bertz CT molecular complexity index is 603. The van der Waals surface area contributed by atoms with Gasteiger partial charge in [-0.3, -0.25) is 0 Å². The number of anilines is 1. The van der Waals surface area contributed by atoms with Crippen molar-refractivity contribution in [3.8, 4) is 5.75 Å². The molecular formula is C14H16F3N3O. The summed E-state index contributed by atoms with van der Waals surface area (Å²) in [4.78, 5) is 0. The smallest absolute Gasteiger partial charge is 0.416 e. The maximum Gasteiger partial charge on any atom is 0.416 e. The topological polar surface area (TPSA) is 53.1 Å². The average Bonchev–Trinajstić information content (AvgIpc) is 2.77. The molecule has 0 aliphatic carbocycles. The summed E-state index contributed by atoms with van der Waals surface area (Å²) in [5.74, 6) is 0.872. The number of nitrogens with zero attached hydrogens (tertiary/aromatic N) is 2. The van der Waals surface area contributed by atoms with Crippen LogP contribution in [0.25, 0.3) is 0 Å². The molecule has 0 aliphatic rings. The molecule has 1 aromatic carbocycles. The zero-order chi connectivity index (χ0) is 15.6. The van der Waals surface area contributed by atoms with E-state index in [9.17, 15) is 13.2 Å². The Labute approximate surface area is 120 Å². The number of nitrogens with two attached hydrogens (primary N) is 1. The van der Waals surface area contributed by atoms with E-state index in [1.807, 2.05) is 13.8 Å². The van der Waals surface area contributed by atoms with Gasteiger partial charge in [0.05, 0.1) is 5.56 Å². The molecule has 4 nitrogen and oxygen atoms in total. The van der Waals surface area contributed by atoms with E-state index in [1.54, 1.807) is 10.7 Å². The van der Waals surface area contributed by atoms with Crippen molar-refractivity contribution in [2.24, 2.45) is 0 Å². The fourth-order valence-corrected chi connectivity index (χ4v) is 1.84. The first-order valence-electron chi connectivity index (χ1n) is 6.41. The summed E-state index contributed by atoms with van der Waals surface area (Å²) in [6.07, 6.45) is -4.34. The molecule has 0 atom stereocenters. The highest BCUT2D eigenvalue weighted by Gasteiger charge is 2.30. The van der Waals surface area contributed by atoms with Gasteiger partial charge in [0.1, 0.15) is 23.9 Å². The molecule has 0 spiro atoms. The first-order chi connectivity index (χ1) is 9.77. The maximum absolute atomic E-state index is 12.4. The van der Waals surface area contributed by atoms with Crippen LogP contribution in [0, 0.1) is 0 Å². The van der Waals surface area contributed by atoms with Crippen molar-refractivity contribution >= 4 is 5.82 Å². The molecule has 0 saturated carbocycles. The summed E-state index contributed by atoms with van der Waals surface area (Å²) in [5, 5.41) is 4.27. The van der Waals surface area contributed by atoms with Crippen LogP contribution in [0.3, 0.4) is 0 Å². The van der Waals surface area contributed by atoms with Crippen LogP contribution < -0.4 is 10.5 Å². The third-order valence-corrected chi connectivity index (χ3v) is 2.87. The lowest BCUT2D eigenvalue weighted by Crippen LogP contribution is -2.07. The molecule has 0 bridgehead atoms. The third kappa shape index (κ3) is 3.68. The first kappa shape index (κ1) is 15.2. The van der Waals surface area contributed by atoms with Crippen molar-refractivity contribution in [3.05, 3.63) is 41.6 Å². The van der Waals surface area contributed by atoms with Crippen molar-refractivity contribution in [3.63, 3.8) is 0 Å². The summed E-state index contributed by atoms with van der Waals surface area (Å²) in [6.45, 7) is 4.04. The summed E-state index contributed by atoms with van der Waals surface area (Å²) in [5.41, 5.74) is 5.72. The summed E-state index contributed by atoms with van der Waals surface area (Å²) < 4.78 is 44.3. The number of benzene rings is 1. The number of hydrogen-bond acceptors (Lipinski definition) is 3. The van der Waals surface area contributed by atoms with Crippen LogP contribution in [0.5, 0.6) is 5.75 Å². The quantitative estimate of drug-likeness (QED) is 0.937. The lowest BCUT2D eigenvalue weighted by molar-refractivity contribution is -0.137. The standard InChI is InChI=1S/C14H16F3N3O/c1-9(2)20-13(18)7-11(19-20)8-21-12-5-3-10(4-6-12)14(15,16)17/h3-7,9H,8,18H2,1-2H3. The van der Waals surface area contributed by atoms with Gasteiger partial charge in [0, 0.05) is 12.1 Å². The molecule has 21 heavy (non-hydrogen) atoms. The predicted octanol–water partition coefficient (Wildman–Crippen LogP) is 3.64. The predicted molar refractivity (Wildman–Crippen MR) is 72.8 cm³/mol. The van der Waals surface area contributed by atoms with Gasteiger partial charge in [0.15, 0.2) is 0 Å². The normalized spacial score (nSPS) is 11.9. The molecule has 0 saturated heterocycles. The molecule has 0 aliphatic heterocycles. The van der Waals surface area contributed by atoms with E-state index in [0.29, 0.717) is 17.3 Å². The molecule has 2 aromatic rings. The summed E-state index contributed by atoms with van der Waals surface area (Å²) >= 11 is 0. The van der Waals surface area contributed by atoms with E-state index in [1.165, 1.54) is 12.1 Å². The fraction of sp³-hybridized carbons (Fsp3) is 0.357. The number of hydrogen-bond donors (Lipinski definition) is 1. The van der Waals surface area contributed by atoms with E-state index >= 15 is 0 Å². The summed E-state index contributed by atoms with van der Waals surface area (Å²) in [7, 11) is 0. The minimum atomic E-state index is -4.34. The number of aromatic nitrogens is 2. The lowest BCUT2D eigenvalue weighted by atomic mass is 10.2. The molecule has 0 radical (unpaired) electrons. The molecule has 0 fully saturated rings. The highest BCUT2D eigenvalue weighted by molar-refractivity contribution is 5.32. The summed E-state index contributed by atoms with van der Waals surface area (Å²) in [6, 6.07) is 6.35. The van der Waals surface area contributed by atoms with Crippen LogP contribution in [0.1, 0.15) is 31.1 Å². The van der Waals surface area contributed by atoms with Crippen LogP contribution in [0.4, 0.5) is 19.0 Å². The molecule has 0 unspecified atom stereocenters. The third-order valence-electron chi connectivity index (χ3n) is 2.87. The highest BCUT2D eigenvalue weighted by Crippen LogP contribution is 2.30. The molecule has 2 N–H and O–H groups in total. The Kier molecular flexibility index (Phi) is 4.11. The second-order valence-corrected chi connectivity index (χ2v) is 4.91. The van der Waals surface area contributed by atoms with Gasteiger partial charge in [0.2, 0.25) is 0 Å². The number of ether oxygens (including phenoxy) is 1. The fourth-order valence-electron chi connectivity index (χ4n) is 1.84. The van der Waals surface area contributed by atoms with Gasteiger partial charge >= 0.3 is 6.18 Å². The Balaban J connectivity index is 2.02. The Morgan fingerprint density at radius 3 is 2.33 bits per heavy atom. The minimum Gasteiger partial charge on any atom is -0.487 e. The Hall–Kier alpha value is -2.18. The lowest BCUT2D eigenvalue weighted by Gasteiger charge is -2.08. The molecule has 7 heteroatoms. The molecule has 1 aromatic heterocycles. The van der Waals surface area contributed by atoms with Crippen molar-refractivity contribution in [2.45, 2.75) is 32.7 Å². The Morgan fingerprint density at radius 1 is 1.24 bits per heavy atom. The largest absolute Gasteiger partial charge is 0.487 e. The van der Waals surface area contributed by atoms with Crippen LogP contribution in [-0.4, -0.2) is 9.78 Å². The molecular weight excluding hydrogens is 283 g/mol. The second kappa shape index (κ2) is 5.67. The monoisotopic (exact) mass is 299 g/mol. The second-order valence-electron chi connectivity index (χ2n) is 4.91. The molecule has 114 valence electrons. The van der Waals surface area contributed by atoms with E-state index in [-0.39, 0.29) is 12.6 Å². The SMILES string of the molecule is CC(C)n1nc(COc2ccc(C(F)(F)F)cc2)cc1N. The van der Waals surface area contributed by atoms with Crippen LogP contribution in [0.15, 0.2) is 30.3 Å². The number of alkyl halides is 3. The highest BCUT2D eigenvalue weighted by atomic mass is 19.4. The van der Waals surface area contributed by atoms with Gasteiger partial charge in [-0.05, 0) is 38.1 Å². The van der Waals surface area contributed by atoms with Crippen molar-refractivity contribution in [1.82, 2.24) is 9.78 Å². The van der Waals surface area contributed by atoms with E-state index in [0.717, 1.165) is 12.1 Å². The van der Waals surface area contributed by atoms with Crippen molar-refractivity contribution < 1.29 is 17.9 Å². The Morgan fingerprint density at radius 2 is 1.86 bits per heavy atom. The molecule has 0 amide bonds. The number of halogens is 3.